The van der Waals surface area contributed by atoms with E-state index < -0.39 is 0 Å². The maximum Gasteiger partial charge on any atom is 0.191 e. The van der Waals surface area contributed by atoms with E-state index in [1.807, 2.05) is 18.2 Å². The van der Waals surface area contributed by atoms with Crippen LogP contribution in [0.1, 0.15) is 24.8 Å². The number of halogens is 3. The van der Waals surface area contributed by atoms with Crippen LogP contribution in [0.2, 0.25) is 10.0 Å². The second kappa shape index (κ2) is 8.17. The first-order valence-corrected chi connectivity index (χ1v) is 6.90. The first kappa shape index (κ1) is 16.9. The van der Waals surface area contributed by atoms with Gasteiger partial charge in [0.05, 0.1) is 0 Å². The highest BCUT2D eigenvalue weighted by atomic mass is 127. The molecule has 0 radical (unpaired) electrons. The van der Waals surface area contributed by atoms with E-state index in [-0.39, 0.29) is 29.9 Å². The third-order valence-corrected chi connectivity index (χ3v) is 3.62. The van der Waals surface area contributed by atoms with Gasteiger partial charge in [-0.2, -0.15) is 0 Å². The molecule has 0 saturated carbocycles. The van der Waals surface area contributed by atoms with E-state index in [1.165, 1.54) is 0 Å². The molecule has 3 nitrogen and oxygen atoms in total. The van der Waals surface area contributed by atoms with Gasteiger partial charge in [0.25, 0.3) is 0 Å². The summed E-state index contributed by atoms with van der Waals surface area (Å²) in [4.78, 5) is 4.37. The zero-order chi connectivity index (χ0) is 13.0. The zero-order valence-corrected chi connectivity index (χ0v) is 14.6. The molecule has 1 aromatic carbocycles. The van der Waals surface area contributed by atoms with Crippen molar-refractivity contribution in [2.45, 2.75) is 19.3 Å². The Kier molecular flexibility index (Phi) is 7.25. The number of nitrogens with one attached hydrogen (secondary N) is 2. The maximum absolute atomic E-state index is 6.19. The zero-order valence-electron chi connectivity index (χ0n) is 10.7. The minimum atomic E-state index is 0. The van der Waals surface area contributed by atoms with Gasteiger partial charge in [0.15, 0.2) is 5.96 Å². The summed E-state index contributed by atoms with van der Waals surface area (Å²) in [5, 5.41) is 7.96. The second-order valence-corrected chi connectivity index (χ2v) is 5.24. The number of rotatable bonds is 3. The fraction of sp³-hybridized carbons (Fsp3) is 0.462. The van der Waals surface area contributed by atoms with Crippen molar-refractivity contribution in [3.8, 4) is 0 Å². The SMILES string of the molecule is CC(CNC1=NCCCN1)c1c(Cl)cccc1Cl.I. The molecule has 6 heteroatoms. The van der Waals surface area contributed by atoms with Crippen molar-refractivity contribution >= 4 is 53.1 Å². The Morgan fingerprint density at radius 3 is 2.63 bits per heavy atom. The Morgan fingerprint density at radius 2 is 2.05 bits per heavy atom. The normalized spacial score (nSPS) is 15.8. The number of nitrogens with zero attached hydrogens (tertiary/aromatic N) is 1. The number of guanidine groups is 1. The van der Waals surface area contributed by atoms with Crippen molar-refractivity contribution in [1.29, 1.82) is 0 Å². The minimum absolute atomic E-state index is 0. The summed E-state index contributed by atoms with van der Waals surface area (Å²) in [6.07, 6.45) is 1.09. The van der Waals surface area contributed by atoms with E-state index in [4.69, 9.17) is 23.2 Å². The predicted octanol–water partition coefficient (Wildman–Crippen LogP) is 3.65. The molecule has 0 amide bonds. The Bertz CT molecular complexity index is 431. The lowest BCUT2D eigenvalue weighted by atomic mass is 10.0. The molecule has 1 aliphatic heterocycles. The fourth-order valence-corrected chi connectivity index (χ4v) is 2.75. The Labute approximate surface area is 141 Å². The predicted molar refractivity (Wildman–Crippen MR) is 93.2 cm³/mol. The van der Waals surface area contributed by atoms with Crippen LogP contribution in [0, 0.1) is 0 Å². The lowest BCUT2D eigenvalue weighted by molar-refractivity contribution is 0.665. The smallest absolute Gasteiger partial charge is 0.191 e. The topological polar surface area (TPSA) is 36.4 Å². The van der Waals surface area contributed by atoms with Crippen molar-refractivity contribution < 1.29 is 0 Å². The molecule has 0 spiro atoms. The summed E-state index contributed by atoms with van der Waals surface area (Å²) in [5.41, 5.74) is 0.991. The Morgan fingerprint density at radius 1 is 1.37 bits per heavy atom. The monoisotopic (exact) mass is 413 g/mol. The van der Waals surface area contributed by atoms with E-state index >= 15 is 0 Å². The largest absolute Gasteiger partial charge is 0.356 e. The molecule has 0 bridgehead atoms. The molecule has 0 aromatic heterocycles. The van der Waals surface area contributed by atoms with E-state index in [2.05, 4.69) is 22.5 Å². The van der Waals surface area contributed by atoms with Crippen molar-refractivity contribution in [3.63, 3.8) is 0 Å². The Balaban J connectivity index is 0.00000180. The molecule has 2 N–H and O–H groups in total. The third-order valence-electron chi connectivity index (χ3n) is 2.97. The lowest BCUT2D eigenvalue weighted by Gasteiger charge is -2.20. The van der Waals surface area contributed by atoms with E-state index in [1.54, 1.807) is 0 Å². The van der Waals surface area contributed by atoms with Gasteiger partial charge < -0.3 is 10.6 Å². The van der Waals surface area contributed by atoms with Gasteiger partial charge >= 0.3 is 0 Å². The van der Waals surface area contributed by atoms with Gasteiger partial charge in [-0.05, 0) is 24.1 Å². The molecule has 1 unspecified atom stereocenters. The molecule has 0 saturated heterocycles. The third kappa shape index (κ3) is 4.68. The van der Waals surface area contributed by atoms with Crippen LogP contribution in [0.3, 0.4) is 0 Å². The highest BCUT2D eigenvalue weighted by molar-refractivity contribution is 14.0. The molecular formula is C13H18Cl2IN3. The highest BCUT2D eigenvalue weighted by Gasteiger charge is 2.14. The van der Waals surface area contributed by atoms with Crippen LogP contribution in [0.15, 0.2) is 23.2 Å². The van der Waals surface area contributed by atoms with Crippen LogP contribution in [0.4, 0.5) is 0 Å². The molecule has 0 aliphatic carbocycles. The van der Waals surface area contributed by atoms with Gasteiger partial charge in [-0.1, -0.05) is 36.2 Å². The summed E-state index contributed by atoms with van der Waals surface area (Å²) in [6.45, 7) is 4.72. The standard InChI is InChI=1S/C13H17Cl2N3.HI/c1-9(8-18-13-16-6-3-7-17-13)12-10(14)4-2-5-11(12)15;/h2,4-5,9H,3,6-8H2,1H3,(H2,16,17,18);1H. The first-order valence-electron chi connectivity index (χ1n) is 6.14. The number of aliphatic imine (C=N–C) groups is 1. The molecule has 1 aliphatic rings. The van der Waals surface area contributed by atoms with Gasteiger partial charge in [0.1, 0.15) is 0 Å². The van der Waals surface area contributed by atoms with Crippen LogP contribution >= 0.6 is 47.2 Å². The summed E-state index contributed by atoms with van der Waals surface area (Å²) in [7, 11) is 0. The minimum Gasteiger partial charge on any atom is -0.356 e. The van der Waals surface area contributed by atoms with Gasteiger partial charge in [-0.3, -0.25) is 4.99 Å². The van der Waals surface area contributed by atoms with Gasteiger partial charge in [0, 0.05) is 35.6 Å². The van der Waals surface area contributed by atoms with Crippen molar-refractivity contribution in [3.05, 3.63) is 33.8 Å². The molecule has 19 heavy (non-hydrogen) atoms. The van der Waals surface area contributed by atoms with Crippen LogP contribution in [-0.2, 0) is 0 Å². The van der Waals surface area contributed by atoms with Crippen molar-refractivity contribution in [1.82, 2.24) is 10.6 Å². The molecule has 1 heterocycles. The number of benzene rings is 1. The van der Waals surface area contributed by atoms with Gasteiger partial charge in [0.2, 0.25) is 0 Å². The number of hydrogen-bond donors (Lipinski definition) is 2. The molecule has 1 aromatic rings. The average Bonchev–Trinajstić information content (AvgIpc) is 2.37. The fourth-order valence-electron chi connectivity index (χ4n) is 1.98. The van der Waals surface area contributed by atoms with E-state index in [0.29, 0.717) is 0 Å². The van der Waals surface area contributed by atoms with Gasteiger partial charge in [-0.15, -0.1) is 24.0 Å². The highest BCUT2D eigenvalue weighted by Crippen LogP contribution is 2.30. The van der Waals surface area contributed by atoms with Crippen LogP contribution in [0.5, 0.6) is 0 Å². The van der Waals surface area contributed by atoms with E-state index in [0.717, 1.165) is 47.6 Å². The quantitative estimate of drug-likeness (QED) is 0.742. The Hall–Kier alpha value is -0.200. The van der Waals surface area contributed by atoms with Crippen LogP contribution < -0.4 is 10.6 Å². The summed E-state index contributed by atoms with van der Waals surface area (Å²) in [6, 6.07) is 5.60. The lowest BCUT2D eigenvalue weighted by Crippen LogP contribution is -2.42. The molecule has 106 valence electrons. The van der Waals surface area contributed by atoms with E-state index in [9.17, 15) is 0 Å². The molecule has 2 rings (SSSR count). The van der Waals surface area contributed by atoms with Crippen molar-refractivity contribution in [2.75, 3.05) is 19.6 Å². The van der Waals surface area contributed by atoms with Crippen molar-refractivity contribution in [2.24, 2.45) is 4.99 Å². The molecule has 0 fully saturated rings. The molecular weight excluding hydrogens is 396 g/mol. The summed E-state index contributed by atoms with van der Waals surface area (Å²) >= 11 is 12.4. The number of hydrogen-bond acceptors (Lipinski definition) is 3. The van der Waals surface area contributed by atoms with Gasteiger partial charge in [-0.25, -0.2) is 0 Å². The maximum atomic E-state index is 6.19. The van der Waals surface area contributed by atoms with Crippen LogP contribution in [0.25, 0.3) is 0 Å². The summed E-state index contributed by atoms with van der Waals surface area (Å²) in [5.74, 6) is 1.11. The first-order chi connectivity index (χ1) is 8.68. The molecule has 1 atom stereocenters. The van der Waals surface area contributed by atoms with Crippen LogP contribution in [-0.4, -0.2) is 25.6 Å². The summed E-state index contributed by atoms with van der Waals surface area (Å²) < 4.78 is 0. The average molecular weight is 414 g/mol. The second-order valence-electron chi connectivity index (χ2n) is 4.43.